The van der Waals surface area contributed by atoms with Crippen molar-refractivity contribution < 1.29 is 0 Å². The van der Waals surface area contributed by atoms with E-state index in [1.54, 1.807) is 0 Å². The molecule has 23 heavy (non-hydrogen) atoms. The summed E-state index contributed by atoms with van der Waals surface area (Å²) in [6.07, 6.45) is 2.00. The fourth-order valence-corrected chi connectivity index (χ4v) is 3.28. The lowest BCUT2D eigenvalue weighted by Gasteiger charge is -2.34. The smallest absolute Gasteiger partial charge is 0.168 e. The molecule has 1 aromatic carbocycles. The summed E-state index contributed by atoms with van der Waals surface area (Å²) >= 11 is 3.51. The van der Waals surface area contributed by atoms with Gasteiger partial charge in [-0.05, 0) is 59.4 Å². The number of benzene rings is 1. The number of rotatable bonds is 2. The van der Waals surface area contributed by atoms with Gasteiger partial charge in [0, 0.05) is 48.1 Å². The molecule has 4 rings (SSSR count). The van der Waals surface area contributed by atoms with Crippen LogP contribution < -0.4 is 4.90 Å². The zero-order chi connectivity index (χ0) is 15.8. The fraction of sp³-hybridized carbons (Fsp3) is 0.294. The fourth-order valence-electron chi connectivity index (χ4n) is 2.95. The van der Waals surface area contributed by atoms with Crippen molar-refractivity contribution in [3.8, 4) is 11.4 Å². The minimum absolute atomic E-state index is 0.853. The van der Waals surface area contributed by atoms with E-state index in [-0.39, 0.29) is 0 Å². The van der Waals surface area contributed by atoms with Gasteiger partial charge in [0.05, 0.1) is 0 Å². The molecule has 0 unspecified atom stereocenters. The highest BCUT2D eigenvalue weighted by Crippen LogP contribution is 2.24. The summed E-state index contributed by atoms with van der Waals surface area (Å²) in [5, 5.41) is 8.56. The van der Waals surface area contributed by atoms with Crippen LogP contribution in [-0.4, -0.2) is 52.7 Å². The van der Waals surface area contributed by atoms with Gasteiger partial charge in [-0.3, -0.25) is 4.40 Å². The molecule has 0 aliphatic carbocycles. The lowest BCUT2D eigenvalue weighted by Crippen LogP contribution is -2.44. The number of anilines is 1. The zero-order valence-electron chi connectivity index (χ0n) is 13.0. The van der Waals surface area contributed by atoms with Crippen molar-refractivity contribution in [3.05, 3.63) is 47.1 Å². The number of pyridine rings is 1. The van der Waals surface area contributed by atoms with Gasteiger partial charge in [0.1, 0.15) is 0 Å². The van der Waals surface area contributed by atoms with Crippen molar-refractivity contribution in [3.63, 3.8) is 0 Å². The minimum Gasteiger partial charge on any atom is -0.369 e. The first-order valence-electron chi connectivity index (χ1n) is 7.75. The van der Waals surface area contributed by atoms with E-state index in [2.05, 4.69) is 67.2 Å². The van der Waals surface area contributed by atoms with Gasteiger partial charge in [0.25, 0.3) is 0 Å². The highest BCUT2D eigenvalue weighted by molar-refractivity contribution is 9.10. The molecule has 3 aromatic rings. The molecule has 1 fully saturated rings. The van der Waals surface area contributed by atoms with E-state index in [1.165, 1.54) is 5.69 Å². The van der Waals surface area contributed by atoms with Gasteiger partial charge in [0.2, 0.25) is 0 Å². The standard InChI is InChI=1S/C17H18BrN5/c1-21-8-10-22(11-9-21)15-5-2-13(3-6-15)17-20-19-16-7-4-14(18)12-23(16)17/h2-7,12H,8-11H2,1H3. The van der Waals surface area contributed by atoms with Crippen molar-refractivity contribution >= 4 is 27.3 Å². The number of piperazine rings is 1. The maximum atomic E-state index is 4.33. The summed E-state index contributed by atoms with van der Waals surface area (Å²) < 4.78 is 3.02. The number of likely N-dealkylation sites (N-methyl/N-ethyl adjacent to an activating group) is 1. The minimum atomic E-state index is 0.853. The van der Waals surface area contributed by atoms with Crippen molar-refractivity contribution in [2.45, 2.75) is 0 Å². The van der Waals surface area contributed by atoms with E-state index in [0.29, 0.717) is 0 Å². The van der Waals surface area contributed by atoms with Gasteiger partial charge in [0.15, 0.2) is 11.5 Å². The molecule has 0 amide bonds. The zero-order valence-corrected chi connectivity index (χ0v) is 14.6. The largest absolute Gasteiger partial charge is 0.369 e. The SMILES string of the molecule is CN1CCN(c2ccc(-c3nnc4ccc(Br)cn34)cc2)CC1. The molecule has 0 N–H and O–H groups in total. The Morgan fingerprint density at radius 1 is 0.913 bits per heavy atom. The third-order valence-electron chi connectivity index (χ3n) is 4.36. The molecule has 0 radical (unpaired) electrons. The number of hydrogen-bond donors (Lipinski definition) is 0. The predicted octanol–water partition coefficient (Wildman–Crippen LogP) is 2.91. The van der Waals surface area contributed by atoms with Crippen molar-refractivity contribution in [2.75, 3.05) is 38.1 Å². The molecule has 1 aliphatic heterocycles. The lowest BCUT2D eigenvalue weighted by atomic mass is 10.1. The average molecular weight is 372 g/mol. The Hall–Kier alpha value is -1.92. The first-order valence-corrected chi connectivity index (χ1v) is 8.54. The molecule has 0 atom stereocenters. The first kappa shape index (κ1) is 14.7. The van der Waals surface area contributed by atoms with Crippen LogP contribution in [0.25, 0.3) is 17.0 Å². The van der Waals surface area contributed by atoms with Crippen molar-refractivity contribution in [1.29, 1.82) is 0 Å². The molecule has 5 nitrogen and oxygen atoms in total. The van der Waals surface area contributed by atoms with Crippen LogP contribution in [0, 0.1) is 0 Å². The Labute approximate surface area is 143 Å². The maximum Gasteiger partial charge on any atom is 0.168 e. The molecular formula is C17H18BrN5. The summed E-state index contributed by atoms with van der Waals surface area (Å²) in [5.41, 5.74) is 3.21. The van der Waals surface area contributed by atoms with Crippen LogP contribution >= 0.6 is 15.9 Å². The average Bonchev–Trinajstić information content (AvgIpc) is 2.99. The summed E-state index contributed by atoms with van der Waals surface area (Å²) in [4.78, 5) is 4.80. The predicted molar refractivity (Wildman–Crippen MR) is 95.8 cm³/mol. The number of aromatic nitrogens is 3. The molecular weight excluding hydrogens is 354 g/mol. The van der Waals surface area contributed by atoms with E-state index >= 15 is 0 Å². The molecule has 1 aliphatic rings. The second-order valence-electron chi connectivity index (χ2n) is 5.94. The van der Waals surface area contributed by atoms with E-state index < -0.39 is 0 Å². The first-order chi connectivity index (χ1) is 11.2. The van der Waals surface area contributed by atoms with Crippen molar-refractivity contribution in [2.24, 2.45) is 0 Å². The highest BCUT2D eigenvalue weighted by atomic mass is 79.9. The van der Waals surface area contributed by atoms with Crippen LogP contribution in [0.15, 0.2) is 47.1 Å². The van der Waals surface area contributed by atoms with Crippen LogP contribution in [0.3, 0.4) is 0 Å². The summed E-state index contributed by atoms with van der Waals surface area (Å²) in [7, 11) is 2.18. The third-order valence-corrected chi connectivity index (χ3v) is 4.83. The van der Waals surface area contributed by atoms with Crippen LogP contribution in [0.4, 0.5) is 5.69 Å². The molecule has 0 bridgehead atoms. The molecule has 0 spiro atoms. The molecule has 118 valence electrons. The van der Waals surface area contributed by atoms with Gasteiger partial charge >= 0.3 is 0 Å². The number of hydrogen-bond acceptors (Lipinski definition) is 4. The third kappa shape index (κ3) is 2.84. The Kier molecular flexibility index (Phi) is 3.79. The van der Waals surface area contributed by atoms with Gasteiger partial charge in [-0.15, -0.1) is 10.2 Å². The van der Waals surface area contributed by atoms with Gasteiger partial charge < -0.3 is 9.80 Å². The van der Waals surface area contributed by atoms with Crippen LogP contribution in [-0.2, 0) is 0 Å². The van der Waals surface area contributed by atoms with Gasteiger partial charge in [-0.2, -0.15) is 0 Å². The topological polar surface area (TPSA) is 36.7 Å². The second kappa shape index (κ2) is 5.94. The quantitative estimate of drug-likeness (QED) is 0.693. The normalized spacial score (nSPS) is 16.2. The molecule has 6 heteroatoms. The van der Waals surface area contributed by atoms with E-state index in [4.69, 9.17) is 0 Å². The monoisotopic (exact) mass is 371 g/mol. The number of fused-ring (bicyclic) bond motifs is 1. The maximum absolute atomic E-state index is 4.33. The van der Waals surface area contributed by atoms with Gasteiger partial charge in [-0.1, -0.05) is 0 Å². The molecule has 2 aromatic heterocycles. The highest BCUT2D eigenvalue weighted by Gasteiger charge is 2.15. The van der Waals surface area contributed by atoms with E-state index in [0.717, 1.165) is 47.7 Å². The van der Waals surface area contributed by atoms with Crippen LogP contribution in [0.5, 0.6) is 0 Å². The second-order valence-corrected chi connectivity index (χ2v) is 6.85. The lowest BCUT2D eigenvalue weighted by molar-refractivity contribution is 0.313. The van der Waals surface area contributed by atoms with E-state index in [9.17, 15) is 0 Å². The summed E-state index contributed by atoms with van der Waals surface area (Å²) in [6, 6.07) is 12.6. The summed E-state index contributed by atoms with van der Waals surface area (Å²) in [5.74, 6) is 0.867. The van der Waals surface area contributed by atoms with Gasteiger partial charge in [-0.25, -0.2) is 0 Å². The molecule has 0 saturated carbocycles. The Morgan fingerprint density at radius 2 is 1.65 bits per heavy atom. The summed E-state index contributed by atoms with van der Waals surface area (Å²) in [6.45, 7) is 4.39. The number of nitrogens with zero attached hydrogens (tertiary/aromatic N) is 5. The van der Waals surface area contributed by atoms with Crippen molar-refractivity contribution in [1.82, 2.24) is 19.5 Å². The Morgan fingerprint density at radius 3 is 2.39 bits per heavy atom. The molecule has 1 saturated heterocycles. The van der Waals surface area contributed by atoms with Crippen LogP contribution in [0.1, 0.15) is 0 Å². The molecule has 3 heterocycles. The number of halogens is 1. The van der Waals surface area contributed by atoms with Crippen LogP contribution in [0.2, 0.25) is 0 Å². The Balaban J connectivity index is 1.63. The van der Waals surface area contributed by atoms with E-state index in [1.807, 2.05) is 22.7 Å². The Bertz CT molecular complexity index is 819.